The standard InChI is InChI=1S/C17H24N2O2/c1-2-15(14-8-4-3-5-9-14)17(21)18-11-10-16(20)19-12-6-7-13-19/h3-5,8-9,15H,2,6-7,10-13H2,1H3,(H,18,21). The fourth-order valence-corrected chi connectivity index (χ4v) is 2.80. The summed E-state index contributed by atoms with van der Waals surface area (Å²) in [5.41, 5.74) is 1.03. The molecule has 21 heavy (non-hydrogen) atoms. The second-order valence-corrected chi connectivity index (χ2v) is 5.50. The molecule has 1 aliphatic heterocycles. The fraction of sp³-hybridized carbons (Fsp3) is 0.529. The summed E-state index contributed by atoms with van der Waals surface area (Å²) in [5.74, 6) is 0.0339. The highest BCUT2D eigenvalue weighted by Gasteiger charge is 2.20. The van der Waals surface area contributed by atoms with E-state index in [0.29, 0.717) is 13.0 Å². The van der Waals surface area contributed by atoms with Gasteiger partial charge in [0.2, 0.25) is 11.8 Å². The molecule has 0 saturated carbocycles. The summed E-state index contributed by atoms with van der Waals surface area (Å²) in [7, 11) is 0. The van der Waals surface area contributed by atoms with Crippen LogP contribution in [0.15, 0.2) is 30.3 Å². The Balaban J connectivity index is 1.79. The molecule has 4 nitrogen and oxygen atoms in total. The zero-order chi connectivity index (χ0) is 15.1. The van der Waals surface area contributed by atoms with Gasteiger partial charge < -0.3 is 10.2 Å². The lowest BCUT2D eigenvalue weighted by Crippen LogP contribution is -2.34. The zero-order valence-corrected chi connectivity index (χ0v) is 12.7. The lowest BCUT2D eigenvalue weighted by Gasteiger charge is -2.17. The first-order valence-corrected chi connectivity index (χ1v) is 7.82. The first-order valence-electron chi connectivity index (χ1n) is 7.82. The van der Waals surface area contributed by atoms with Gasteiger partial charge >= 0.3 is 0 Å². The number of nitrogens with one attached hydrogen (secondary N) is 1. The molecule has 1 aromatic rings. The van der Waals surface area contributed by atoms with Crippen molar-refractivity contribution < 1.29 is 9.59 Å². The molecule has 114 valence electrons. The predicted octanol–water partition coefficient (Wildman–Crippen LogP) is 2.31. The second-order valence-electron chi connectivity index (χ2n) is 5.50. The number of hydrogen-bond donors (Lipinski definition) is 1. The van der Waals surface area contributed by atoms with Gasteiger partial charge in [0.05, 0.1) is 5.92 Å². The summed E-state index contributed by atoms with van der Waals surface area (Å²) >= 11 is 0. The van der Waals surface area contributed by atoms with Crippen molar-refractivity contribution in [2.75, 3.05) is 19.6 Å². The number of carbonyl (C=O) groups is 2. The zero-order valence-electron chi connectivity index (χ0n) is 12.7. The molecule has 2 rings (SSSR count). The van der Waals surface area contributed by atoms with Gasteiger partial charge in [0.1, 0.15) is 0 Å². The SMILES string of the molecule is CCC(C(=O)NCCC(=O)N1CCCC1)c1ccccc1. The van der Waals surface area contributed by atoms with Crippen molar-refractivity contribution in [1.82, 2.24) is 10.2 Å². The first kappa shape index (κ1) is 15.5. The van der Waals surface area contributed by atoms with Gasteiger partial charge in [-0.1, -0.05) is 37.3 Å². The third-order valence-corrected chi connectivity index (χ3v) is 4.02. The summed E-state index contributed by atoms with van der Waals surface area (Å²) in [6, 6.07) is 9.79. The molecule has 0 bridgehead atoms. The van der Waals surface area contributed by atoms with Gasteiger partial charge in [-0.3, -0.25) is 9.59 Å². The van der Waals surface area contributed by atoms with Crippen molar-refractivity contribution in [3.8, 4) is 0 Å². The van der Waals surface area contributed by atoms with Crippen LogP contribution in [0.1, 0.15) is 44.1 Å². The third-order valence-electron chi connectivity index (χ3n) is 4.02. The molecule has 1 atom stereocenters. The number of hydrogen-bond acceptors (Lipinski definition) is 2. The highest BCUT2D eigenvalue weighted by Crippen LogP contribution is 2.19. The van der Waals surface area contributed by atoms with E-state index in [4.69, 9.17) is 0 Å². The maximum absolute atomic E-state index is 12.2. The molecule has 1 fully saturated rings. The molecule has 4 heteroatoms. The minimum Gasteiger partial charge on any atom is -0.355 e. The number of rotatable bonds is 6. The van der Waals surface area contributed by atoms with Crippen molar-refractivity contribution in [2.24, 2.45) is 0 Å². The van der Waals surface area contributed by atoms with Crippen LogP contribution in [0.4, 0.5) is 0 Å². The molecule has 1 aromatic carbocycles. The number of nitrogens with zero attached hydrogens (tertiary/aromatic N) is 1. The van der Waals surface area contributed by atoms with Crippen LogP contribution in [0.3, 0.4) is 0 Å². The quantitative estimate of drug-likeness (QED) is 0.873. The second kappa shape index (κ2) is 7.81. The van der Waals surface area contributed by atoms with E-state index in [1.165, 1.54) is 0 Å². The molecule has 0 aromatic heterocycles. The van der Waals surface area contributed by atoms with Crippen LogP contribution in [-0.2, 0) is 9.59 Å². The van der Waals surface area contributed by atoms with Crippen molar-refractivity contribution >= 4 is 11.8 Å². The Bertz CT molecular complexity index is 467. The number of amides is 2. The Hall–Kier alpha value is -1.84. The van der Waals surface area contributed by atoms with Crippen LogP contribution in [0, 0.1) is 0 Å². The van der Waals surface area contributed by atoms with Gasteiger partial charge in [-0.2, -0.15) is 0 Å². The summed E-state index contributed by atoms with van der Waals surface area (Å²) in [6.45, 7) is 4.17. The monoisotopic (exact) mass is 288 g/mol. The smallest absolute Gasteiger partial charge is 0.227 e. The van der Waals surface area contributed by atoms with Crippen LogP contribution in [0.25, 0.3) is 0 Å². The summed E-state index contributed by atoms with van der Waals surface area (Å²) in [4.78, 5) is 26.0. The van der Waals surface area contributed by atoms with Gasteiger partial charge in [0, 0.05) is 26.1 Å². The molecule has 1 aliphatic rings. The van der Waals surface area contributed by atoms with E-state index in [-0.39, 0.29) is 17.7 Å². The van der Waals surface area contributed by atoms with Gasteiger partial charge in [0.15, 0.2) is 0 Å². The molecule has 1 heterocycles. The Morgan fingerprint density at radius 1 is 1.19 bits per heavy atom. The van der Waals surface area contributed by atoms with Crippen LogP contribution in [-0.4, -0.2) is 36.3 Å². The summed E-state index contributed by atoms with van der Waals surface area (Å²) in [5, 5.41) is 2.90. The van der Waals surface area contributed by atoms with E-state index >= 15 is 0 Å². The summed E-state index contributed by atoms with van der Waals surface area (Å²) < 4.78 is 0. The van der Waals surface area contributed by atoms with Crippen LogP contribution >= 0.6 is 0 Å². The highest BCUT2D eigenvalue weighted by molar-refractivity contribution is 5.84. The van der Waals surface area contributed by atoms with Crippen LogP contribution < -0.4 is 5.32 Å². The van der Waals surface area contributed by atoms with Crippen molar-refractivity contribution in [1.29, 1.82) is 0 Å². The van der Waals surface area contributed by atoms with Gasteiger partial charge in [-0.25, -0.2) is 0 Å². The van der Waals surface area contributed by atoms with E-state index in [0.717, 1.165) is 37.9 Å². The highest BCUT2D eigenvalue weighted by atomic mass is 16.2. The largest absolute Gasteiger partial charge is 0.355 e. The number of likely N-dealkylation sites (tertiary alicyclic amines) is 1. The van der Waals surface area contributed by atoms with Gasteiger partial charge in [-0.05, 0) is 24.8 Å². The van der Waals surface area contributed by atoms with E-state index in [9.17, 15) is 9.59 Å². The number of benzene rings is 1. The predicted molar refractivity (Wildman–Crippen MR) is 82.9 cm³/mol. The van der Waals surface area contributed by atoms with Crippen molar-refractivity contribution in [2.45, 2.75) is 38.5 Å². The van der Waals surface area contributed by atoms with E-state index in [1.807, 2.05) is 42.2 Å². The van der Waals surface area contributed by atoms with Gasteiger partial charge in [0.25, 0.3) is 0 Å². The summed E-state index contributed by atoms with van der Waals surface area (Å²) in [6.07, 6.45) is 3.36. The lowest BCUT2D eigenvalue weighted by molar-refractivity contribution is -0.130. The van der Waals surface area contributed by atoms with Crippen LogP contribution in [0.5, 0.6) is 0 Å². The minimum atomic E-state index is -0.131. The molecule has 0 spiro atoms. The fourth-order valence-electron chi connectivity index (χ4n) is 2.80. The molecule has 0 radical (unpaired) electrons. The van der Waals surface area contributed by atoms with Crippen LogP contribution in [0.2, 0.25) is 0 Å². The molecule has 0 aliphatic carbocycles. The van der Waals surface area contributed by atoms with Crippen molar-refractivity contribution in [3.05, 3.63) is 35.9 Å². The maximum Gasteiger partial charge on any atom is 0.227 e. The Morgan fingerprint density at radius 3 is 2.48 bits per heavy atom. The Morgan fingerprint density at radius 2 is 1.86 bits per heavy atom. The minimum absolute atomic E-state index is 0.0120. The van der Waals surface area contributed by atoms with E-state index in [1.54, 1.807) is 0 Å². The average Bonchev–Trinajstić information content (AvgIpc) is 3.03. The Kier molecular flexibility index (Phi) is 5.78. The maximum atomic E-state index is 12.2. The first-order chi connectivity index (χ1) is 10.2. The van der Waals surface area contributed by atoms with Gasteiger partial charge in [-0.15, -0.1) is 0 Å². The Labute approximate surface area is 126 Å². The lowest BCUT2D eigenvalue weighted by atomic mass is 9.96. The topological polar surface area (TPSA) is 49.4 Å². The normalized spacial score (nSPS) is 15.8. The molecule has 1 N–H and O–H groups in total. The molecular weight excluding hydrogens is 264 g/mol. The third kappa shape index (κ3) is 4.31. The average molecular weight is 288 g/mol. The van der Waals surface area contributed by atoms with Crippen molar-refractivity contribution in [3.63, 3.8) is 0 Å². The number of carbonyl (C=O) groups excluding carboxylic acids is 2. The van der Waals surface area contributed by atoms with E-state index < -0.39 is 0 Å². The molecule has 2 amide bonds. The molecule has 1 saturated heterocycles. The van der Waals surface area contributed by atoms with E-state index in [2.05, 4.69) is 5.32 Å². The molecular formula is C17H24N2O2. The molecule has 1 unspecified atom stereocenters.